The summed E-state index contributed by atoms with van der Waals surface area (Å²) in [5, 5.41) is 0. The van der Waals surface area contributed by atoms with Crippen LogP contribution < -0.4 is 0 Å². The van der Waals surface area contributed by atoms with Crippen molar-refractivity contribution in [3.8, 4) is 0 Å². The second kappa shape index (κ2) is 10.8. The van der Waals surface area contributed by atoms with Crippen molar-refractivity contribution in [2.75, 3.05) is 0 Å². The van der Waals surface area contributed by atoms with Crippen molar-refractivity contribution in [2.24, 2.45) is 0 Å². The molecule has 0 bridgehead atoms. The van der Waals surface area contributed by atoms with Crippen LogP contribution in [0, 0.1) is 0 Å². The molecular formula is C3H3OPbSn2. The molecule has 0 aromatic rings. The van der Waals surface area contributed by atoms with E-state index in [0.29, 0.717) is 0 Å². The van der Waals surface area contributed by atoms with Gasteiger partial charge >= 0.3 is 43.8 Å². The molecule has 0 atom stereocenters. The first kappa shape index (κ1) is 16.0. The molecule has 0 aromatic heterocycles. The second-order valence-electron chi connectivity index (χ2n) is 0.568. The molecule has 0 unspecified atom stereocenters. The van der Waals surface area contributed by atoms with Crippen LogP contribution in [0.2, 0.25) is 0 Å². The molecule has 4 heteroatoms. The number of carbonyl (C=O) groups excluding carboxylic acids is 1. The zero-order valence-corrected chi connectivity index (χ0v) is 13.3. The Morgan fingerprint density at radius 2 is 1.86 bits per heavy atom. The first-order chi connectivity index (χ1) is 2.27. The first-order valence-corrected chi connectivity index (χ1v) is 2.58. The van der Waals surface area contributed by atoms with E-state index < -0.39 is 0 Å². The van der Waals surface area contributed by atoms with Crippen LogP contribution in [0.1, 0.15) is 0 Å². The molecule has 0 heterocycles. The maximum Gasteiger partial charge on any atom is 0 e. The molecule has 0 spiro atoms. The minimum absolute atomic E-state index is 0. The van der Waals surface area contributed by atoms with Crippen LogP contribution in [0.25, 0.3) is 0 Å². The normalized spacial score (nSPS) is 4.71. The predicted molar refractivity (Wildman–Crippen MR) is 32.5 cm³/mol. The molecule has 0 aliphatic carbocycles. The van der Waals surface area contributed by atoms with Gasteiger partial charge in [0.05, 0.1) is 0 Å². The standard InChI is InChI=1S/C3H3O.Pb.2Sn/c1-2-3-4;;;/h2H,1H2;;;. The molecule has 11 radical (unpaired) electrons. The summed E-state index contributed by atoms with van der Waals surface area (Å²) in [6.45, 7) is 3.23. The summed E-state index contributed by atoms with van der Waals surface area (Å²) in [6, 6.07) is 0. The van der Waals surface area contributed by atoms with Gasteiger partial charge in [-0.1, -0.05) is 0 Å². The van der Waals surface area contributed by atoms with Gasteiger partial charge in [0.15, 0.2) is 0 Å². The van der Waals surface area contributed by atoms with Crippen molar-refractivity contribution < 1.29 is 4.79 Å². The Morgan fingerprint density at radius 1 is 1.71 bits per heavy atom. The van der Waals surface area contributed by atoms with Crippen molar-refractivity contribution in [1.29, 1.82) is 0 Å². The van der Waals surface area contributed by atoms with Crippen LogP contribution >= 0.6 is 0 Å². The Labute approximate surface area is 93.5 Å². The van der Waals surface area contributed by atoms with Gasteiger partial charge in [-0.25, -0.2) is 0 Å². The summed E-state index contributed by atoms with van der Waals surface area (Å²) in [5.74, 6) is 0. The van der Waals surface area contributed by atoms with Gasteiger partial charge < -0.3 is 0 Å². The van der Waals surface area contributed by atoms with E-state index in [4.69, 9.17) is 0 Å². The van der Waals surface area contributed by atoms with Gasteiger partial charge in [-0.15, -0.1) is 0 Å². The molecule has 0 aliphatic rings. The van der Waals surface area contributed by atoms with E-state index in [0.717, 1.165) is 22.5 Å². The maximum atomic E-state index is 9.73. The number of carbonyl (C=O) groups is 1. The summed E-state index contributed by atoms with van der Waals surface area (Å²) in [4.78, 5) is 9.73. The van der Waals surface area contributed by atoms with Gasteiger partial charge in [0.2, 0.25) is 0 Å². The largest absolute Gasteiger partial charge is 0 e. The van der Waals surface area contributed by atoms with E-state index in [1.165, 1.54) is 6.08 Å². The minimum Gasteiger partial charge on any atom is 0 e. The van der Waals surface area contributed by atoms with Crippen LogP contribution in [0.4, 0.5) is 0 Å². The molecule has 7 heavy (non-hydrogen) atoms. The van der Waals surface area contributed by atoms with Gasteiger partial charge in [0, 0.05) is 51.2 Å². The number of hydrogen-bond acceptors (Lipinski definition) is 1. The molecule has 0 rings (SSSR count). The third kappa shape index (κ3) is 18.1. The molecule has 0 aliphatic heterocycles. The van der Waals surface area contributed by atoms with E-state index in [-0.39, 0.29) is 55.0 Å². The fourth-order valence-electron chi connectivity index (χ4n) is 0. The summed E-state index contributed by atoms with van der Waals surface area (Å²) in [6.07, 6.45) is 1.32. The Balaban J connectivity index is -0.0000000800. The smallest absolute Gasteiger partial charge is 0 e. The third-order valence-electron chi connectivity index (χ3n) is 0.185. The number of hydrogen-bond donors (Lipinski definition) is 0. The molecule has 0 saturated heterocycles. The Hall–Kier alpha value is 1.93. The van der Waals surface area contributed by atoms with Crippen molar-refractivity contribution in [3.63, 3.8) is 0 Å². The molecule has 33 valence electrons. The van der Waals surface area contributed by atoms with Crippen molar-refractivity contribution in [3.05, 3.63) is 12.7 Å². The van der Waals surface area contributed by atoms with Crippen LogP contribution in [-0.4, -0.2) is 77.5 Å². The summed E-state index contributed by atoms with van der Waals surface area (Å²) < 4.78 is 0.109. The van der Waals surface area contributed by atoms with Crippen molar-refractivity contribution in [1.82, 2.24) is 0 Å². The average molecular weight is 500 g/mol. The second-order valence-corrected chi connectivity index (χ2v) is 1.97. The fraction of sp³-hybridized carbons (Fsp3) is 0. The molecular weight excluding hydrogens is 497 g/mol. The van der Waals surface area contributed by atoms with Gasteiger partial charge in [-0.3, -0.25) is 0 Å². The quantitative estimate of drug-likeness (QED) is 0.338. The van der Waals surface area contributed by atoms with E-state index in [1.54, 1.807) is 0 Å². The van der Waals surface area contributed by atoms with Crippen LogP contribution in [0.5, 0.6) is 0 Å². The van der Waals surface area contributed by atoms with E-state index in [1.807, 2.05) is 0 Å². The number of allylic oxidation sites excluding steroid dienone is 1. The van der Waals surface area contributed by atoms with Crippen LogP contribution in [-0.2, 0) is 4.79 Å². The molecule has 0 aromatic carbocycles. The predicted octanol–water partition coefficient (Wildman–Crippen LogP) is -0.894. The van der Waals surface area contributed by atoms with Crippen LogP contribution in [0.15, 0.2) is 12.7 Å². The van der Waals surface area contributed by atoms with E-state index in [9.17, 15) is 4.79 Å². The fourth-order valence-corrected chi connectivity index (χ4v) is 0. The number of rotatable bonds is 1. The van der Waals surface area contributed by atoms with Gasteiger partial charge in [0.25, 0.3) is 0 Å². The van der Waals surface area contributed by atoms with E-state index in [2.05, 4.69) is 6.58 Å². The molecule has 0 N–H and O–H groups in total. The molecule has 0 saturated carbocycles. The Bertz CT molecular complexity index is 64.0. The van der Waals surface area contributed by atoms with Crippen molar-refractivity contribution in [2.45, 2.75) is 0 Å². The average Bonchev–Trinajstić information content (AvgIpc) is 1.38. The summed E-state index contributed by atoms with van der Waals surface area (Å²) in [7, 11) is 0. The minimum atomic E-state index is 0. The monoisotopic (exact) mass is 503 g/mol. The van der Waals surface area contributed by atoms with Gasteiger partial charge in [0.1, 0.15) is 0 Å². The van der Waals surface area contributed by atoms with Crippen molar-refractivity contribution >= 4 is 77.5 Å². The maximum absolute atomic E-state index is 9.73. The molecule has 0 fully saturated rings. The summed E-state index contributed by atoms with van der Waals surface area (Å²) in [5.41, 5.74) is 0. The SMILES string of the molecule is C=C[C](=O)[Sn].[Pb].[Sn]. The third-order valence-corrected chi connectivity index (χ3v) is 0.768. The Morgan fingerprint density at radius 3 is 1.86 bits per heavy atom. The molecule has 0 amide bonds. The molecule has 1 nitrogen and oxygen atoms in total. The topological polar surface area (TPSA) is 17.1 Å². The Kier molecular flexibility index (Phi) is 24.7. The van der Waals surface area contributed by atoms with E-state index >= 15 is 0 Å². The zero-order chi connectivity index (χ0) is 4.28. The van der Waals surface area contributed by atoms with Gasteiger partial charge in [-0.05, 0) is 0 Å². The first-order valence-electron chi connectivity index (χ1n) is 1.15. The van der Waals surface area contributed by atoms with Crippen LogP contribution in [0.3, 0.4) is 0 Å². The van der Waals surface area contributed by atoms with Gasteiger partial charge in [-0.2, -0.15) is 0 Å². The zero-order valence-electron chi connectivity index (χ0n) is 3.69. The summed E-state index contributed by atoms with van der Waals surface area (Å²) >= 11 is 0.913.